The summed E-state index contributed by atoms with van der Waals surface area (Å²) in [6, 6.07) is 15.3. The molecule has 2 fully saturated rings. The molecule has 1 aromatic heterocycles. The zero-order valence-electron chi connectivity index (χ0n) is 25.6. The number of amides is 2. The van der Waals surface area contributed by atoms with Gasteiger partial charge in [0.15, 0.2) is 0 Å². The number of halogens is 2. The highest BCUT2D eigenvalue weighted by molar-refractivity contribution is 6.30. The molecule has 0 N–H and O–H groups in total. The minimum atomic E-state index is -0.558. The van der Waals surface area contributed by atoms with Crippen molar-refractivity contribution in [2.45, 2.75) is 38.6 Å². The summed E-state index contributed by atoms with van der Waals surface area (Å²) in [7, 11) is 3.06. The SMILES string of the molecule is COc1ccc(C2CN(c3ccc(=O)n(C)n3)CC2C(=O)N2CCCC(c3ccc(Cl)cc3)N(C(=O)C(C)C)CC2)c(F)c1. The molecule has 44 heavy (non-hydrogen) atoms. The van der Waals surface area contributed by atoms with E-state index in [0.29, 0.717) is 67.7 Å². The Hall–Kier alpha value is -3.92. The summed E-state index contributed by atoms with van der Waals surface area (Å²) >= 11 is 6.14. The highest BCUT2D eigenvalue weighted by atomic mass is 35.5. The highest BCUT2D eigenvalue weighted by Gasteiger charge is 2.43. The number of nitrogens with zero attached hydrogens (tertiary/aromatic N) is 5. The van der Waals surface area contributed by atoms with E-state index in [1.807, 2.05) is 52.8 Å². The van der Waals surface area contributed by atoms with Crippen LogP contribution in [0.3, 0.4) is 0 Å². The number of benzene rings is 2. The van der Waals surface area contributed by atoms with E-state index in [9.17, 15) is 14.4 Å². The van der Waals surface area contributed by atoms with Crippen LogP contribution in [0.1, 0.15) is 49.8 Å². The fourth-order valence-electron chi connectivity index (χ4n) is 6.36. The second-order valence-corrected chi connectivity index (χ2v) is 12.3. The van der Waals surface area contributed by atoms with Gasteiger partial charge >= 0.3 is 0 Å². The first-order chi connectivity index (χ1) is 21.1. The second-order valence-electron chi connectivity index (χ2n) is 11.9. The van der Waals surface area contributed by atoms with Gasteiger partial charge in [0, 0.05) is 68.8 Å². The van der Waals surface area contributed by atoms with Crippen molar-refractivity contribution < 1.29 is 18.7 Å². The molecule has 3 unspecified atom stereocenters. The van der Waals surface area contributed by atoms with E-state index in [4.69, 9.17) is 16.3 Å². The molecule has 2 amide bonds. The molecular weight excluding hydrogens is 585 g/mol. The van der Waals surface area contributed by atoms with Crippen LogP contribution in [0, 0.1) is 17.7 Å². The molecule has 11 heteroatoms. The Morgan fingerprint density at radius 3 is 2.43 bits per heavy atom. The van der Waals surface area contributed by atoms with Gasteiger partial charge in [0.25, 0.3) is 5.56 Å². The van der Waals surface area contributed by atoms with Gasteiger partial charge in [-0.15, -0.1) is 0 Å². The minimum Gasteiger partial charge on any atom is -0.497 e. The predicted octanol–water partition coefficient (Wildman–Crippen LogP) is 4.65. The molecule has 3 aromatic rings. The Kier molecular flexibility index (Phi) is 9.58. The van der Waals surface area contributed by atoms with Crippen LogP contribution in [-0.2, 0) is 16.6 Å². The average molecular weight is 624 g/mol. The average Bonchev–Trinajstić information content (AvgIpc) is 3.43. The molecule has 0 bridgehead atoms. The standard InChI is InChI=1S/C33H39ClFN5O4/c1-21(2)32(42)40-17-16-38(15-5-6-29(40)22-7-9-23(34)10-8-22)33(43)27-20-39(30-13-14-31(41)37(3)36-30)19-26(27)25-12-11-24(44-4)18-28(25)35/h7-14,18,21,26-27,29H,5-6,15-17,19-20H2,1-4H3. The predicted molar refractivity (Wildman–Crippen MR) is 167 cm³/mol. The summed E-state index contributed by atoms with van der Waals surface area (Å²) in [6.07, 6.45) is 1.39. The quantitative estimate of drug-likeness (QED) is 0.397. The number of aryl methyl sites for hydroxylation is 1. The Morgan fingerprint density at radius 1 is 1.02 bits per heavy atom. The molecule has 9 nitrogen and oxygen atoms in total. The summed E-state index contributed by atoms with van der Waals surface area (Å²) < 4.78 is 21.9. The van der Waals surface area contributed by atoms with Gasteiger partial charge in [-0.3, -0.25) is 14.4 Å². The molecule has 0 radical (unpaired) electrons. The molecule has 2 aliphatic heterocycles. The zero-order valence-corrected chi connectivity index (χ0v) is 26.3. The first-order valence-corrected chi connectivity index (χ1v) is 15.4. The van der Waals surface area contributed by atoms with Crippen LogP contribution < -0.4 is 15.2 Å². The van der Waals surface area contributed by atoms with E-state index in [1.54, 1.807) is 25.2 Å². The van der Waals surface area contributed by atoms with Crippen LogP contribution in [0.25, 0.3) is 0 Å². The van der Waals surface area contributed by atoms with E-state index in [1.165, 1.54) is 23.9 Å². The van der Waals surface area contributed by atoms with Gasteiger partial charge in [0.05, 0.1) is 19.1 Å². The lowest BCUT2D eigenvalue weighted by Gasteiger charge is -2.39. The summed E-state index contributed by atoms with van der Waals surface area (Å²) in [5, 5.41) is 5.03. The fourth-order valence-corrected chi connectivity index (χ4v) is 6.49. The number of ether oxygens (including phenoxy) is 1. The highest BCUT2D eigenvalue weighted by Crippen LogP contribution is 2.38. The van der Waals surface area contributed by atoms with Crippen molar-refractivity contribution in [3.63, 3.8) is 0 Å². The number of rotatable bonds is 6. The van der Waals surface area contributed by atoms with E-state index < -0.39 is 17.7 Å². The van der Waals surface area contributed by atoms with Crippen molar-refractivity contribution in [1.29, 1.82) is 0 Å². The number of methoxy groups -OCH3 is 1. The summed E-state index contributed by atoms with van der Waals surface area (Å²) in [5.41, 5.74) is 1.22. The smallest absolute Gasteiger partial charge is 0.266 e. The van der Waals surface area contributed by atoms with E-state index >= 15 is 4.39 Å². The zero-order chi connectivity index (χ0) is 31.5. The van der Waals surface area contributed by atoms with Crippen LogP contribution in [0.2, 0.25) is 5.02 Å². The molecule has 3 heterocycles. The summed E-state index contributed by atoms with van der Waals surface area (Å²) in [5.74, 6) is -0.746. The maximum atomic E-state index is 15.4. The van der Waals surface area contributed by atoms with Crippen molar-refractivity contribution in [3.05, 3.63) is 86.9 Å². The van der Waals surface area contributed by atoms with Gasteiger partial charge in [0.1, 0.15) is 17.4 Å². The largest absolute Gasteiger partial charge is 0.497 e. The van der Waals surface area contributed by atoms with Crippen molar-refractivity contribution in [2.24, 2.45) is 18.9 Å². The monoisotopic (exact) mass is 623 g/mol. The Balaban J connectivity index is 1.43. The molecule has 5 rings (SSSR count). The third-order valence-electron chi connectivity index (χ3n) is 8.75. The van der Waals surface area contributed by atoms with Crippen LogP contribution in [0.4, 0.5) is 10.2 Å². The third kappa shape index (κ3) is 6.60. The minimum absolute atomic E-state index is 0.0326. The number of carbonyl (C=O) groups excluding carboxylic acids is 2. The summed E-state index contributed by atoms with van der Waals surface area (Å²) in [4.78, 5) is 45.4. The van der Waals surface area contributed by atoms with Gasteiger partial charge in [-0.1, -0.05) is 43.6 Å². The molecular formula is C33H39ClFN5O4. The number of anilines is 1. The first-order valence-electron chi connectivity index (χ1n) is 15.0. The van der Waals surface area contributed by atoms with Crippen LogP contribution in [-0.4, -0.2) is 71.2 Å². The number of carbonyl (C=O) groups is 2. The fraction of sp³-hybridized carbons (Fsp3) is 0.455. The Morgan fingerprint density at radius 2 is 1.77 bits per heavy atom. The first kappa shape index (κ1) is 31.5. The maximum absolute atomic E-state index is 15.4. The molecule has 0 spiro atoms. The topological polar surface area (TPSA) is 88.0 Å². The van der Waals surface area contributed by atoms with Gasteiger partial charge in [-0.05, 0) is 48.2 Å². The van der Waals surface area contributed by atoms with Gasteiger partial charge in [0.2, 0.25) is 11.8 Å². The molecule has 3 atom stereocenters. The lowest BCUT2D eigenvalue weighted by molar-refractivity contribution is -0.142. The van der Waals surface area contributed by atoms with Gasteiger partial charge < -0.3 is 19.4 Å². The van der Waals surface area contributed by atoms with Crippen molar-refractivity contribution in [2.75, 3.05) is 44.7 Å². The summed E-state index contributed by atoms with van der Waals surface area (Å²) in [6.45, 7) is 5.73. The molecule has 2 saturated heterocycles. The van der Waals surface area contributed by atoms with Crippen LogP contribution >= 0.6 is 11.6 Å². The number of hydrogen-bond acceptors (Lipinski definition) is 6. The molecule has 0 aliphatic carbocycles. The van der Waals surface area contributed by atoms with Crippen LogP contribution in [0.5, 0.6) is 5.75 Å². The van der Waals surface area contributed by atoms with Crippen molar-refractivity contribution in [1.82, 2.24) is 19.6 Å². The Bertz CT molecular complexity index is 1560. The number of aromatic nitrogens is 2. The molecule has 0 saturated carbocycles. The van der Waals surface area contributed by atoms with Crippen molar-refractivity contribution in [3.8, 4) is 5.75 Å². The van der Waals surface area contributed by atoms with E-state index in [-0.39, 0.29) is 29.3 Å². The lowest BCUT2D eigenvalue weighted by atomic mass is 9.87. The van der Waals surface area contributed by atoms with E-state index in [0.717, 1.165) is 5.56 Å². The third-order valence-corrected chi connectivity index (χ3v) is 9.00. The van der Waals surface area contributed by atoms with Crippen LogP contribution in [0.15, 0.2) is 59.4 Å². The van der Waals surface area contributed by atoms with Crippen molar-refractivity contribution >= 4 is 29.2 Å². The molecule has 2 aliphatic rings. The maximum Gasteiger partial charge on any atom is 0.266 e. The lowest BCUT2D eigenvalue weighted by Crippen LogP contribution is -2.48. The Labute approximate surface area is 262 Å². The normalized spacial score (nSPS) is 20.9. The number of hydrogen-bond donors (Lipinski definition) is 0. The molecule has 2 aromatic carbocycles. The molecule has 234 valence electrons. The van der Waals surface area contributed by atoms with E-state index in [2.05, 4.69) is 5.10 Å². The van der Waals surface area contributed by atoms with Gasteiger partial charge in [-0.2, -0.15) is 5.10 Å². The van der Waals surface area contributed by atoms with Gasteiger partial charge in [-0.25, -0.2) is 9.07 Å². The second kappa shape index (κ2) is 13.4.